The number of esters is 1. The first-order valence-corrected chi connectivity index (χ1v) is 5.63. The standard InChI is InChI=1S/C13H16O5/c1-13(7-11(14)16-3)8-17-12-9(15-2)5-4-6-10(12)18-13/h4-6H,7-8H2,1-3H3/t13-/m1/s1. The summed E-state index contributed by atoms with van der Waals surface area (Å²) < 4.78 is 21.3. The molecule has 18 heavy (non-hydrogen) atoms. The van der Waals surface area contributed by atoms with Crippen molar-refractivity contribution in [3.05, 3.63) is 18.2 Å². The average Bonchev–Trinajstić information content (AvgIpc) is 2.37. The molecule has 1 atom stereocenters. The minimum atomic E-state index is -0.716. The Kier molecular flexibility index (Phi) is 3.32. The number of hydrogen-bond acceptors (Lipinski definition) is 5. The summed E-state index contributed by atoms with van der Waals surface area (Å²) in [5.41, 5.74) is -0.716. The van der Waals surface area contributed by atoms with E-state index in [1.807, 2.05) is 13.0 Å². The minimum Gasteiger partial charge on any atom is -0.493 e. The fraction of sp³-hybridized carbons (Fsp3) is 0.462. The largest absolute Gasteiger partial charge is 0.493 e. The number of fused-ring (bicyclic) bond motifs is 1. The molecule has 0 radical (unpaired) electrons. The lowest BCUT2D eigenvalue weighted by molar-refractivity contribution is -0.146. The molecule has 0 N–H and O–H groups in total. The van der Waals surface area contributed by atoms with Crippen molar-refractivity contribution >= 4 is 5.97 Å². The van der Waals surface area contributed by atoms with Gasteiger partial charge in [0.2, 0.25) is 5.75 Å². The summed E-state index contributed by atoms with van der Waals surface area (Å²) in [6.45, 7) is 2.09. The van der Waals surface area contributed by atoms with Gasteiger partial charge in [0.15, 0.2) is 17.1 Å². The highest BCUT2D eigenvalue weighted by molar-refractivity contribution is 5.70. The number of ether oxygens (including phenoxy) is 4. The summed E-state index contributed by atoms with van der Waals surface area (Å²) >= 11 is 0. The van der Waals surface area contributed by atoms with Gasteiger partial charge >= 0.3 is 5.97 Å². The van der Waals surface area contributed by atoms with Crippen LogP contribution in [0.15, 0.2) is 18.2 Å². The second-order valence-corrected chi connectivity index (χ2v) is 4.38. The maximum atomic E-state index is 11.3. The smallest absolute Gasteiger partial charge is 0.309 e. The Bertz CT molecular complexity index is 457. The van der Waals surface area contributed by atoms with Gasteiger partial charge in [-0.25, -0.2) is 0 Å². The van der Waals surface area contributed by atoms with Gasteiger partial charge in [0.1, 0.15) is 6.61 Å². The van der Waals surface area contributed by atoms with E-state index in [1.54, 1.807) is 19.2 Å². The fourth-order valence-corrected chi connectivity index (χ4v) is 1.86. The van der Waals surface area contributed by atoms with E-state index in [0.717, 1.165) is 0 Å². The number of rotatable bonds is 3. The highest BCUT2D eigenvalue weighted by Gasteiger charge is 2.37. The van der Waals surface area contributed by atoms with Gasteiger partial charge in [0, 0.05) is 0 Å². The number of benzene rings is 1. The molecular weight excluding hydrogens is 236 g/mol. The zero-order chi connectivity index (χ0) is 13.2. The molecule has 5 heteroatoms. The van der Waals surface area contributed by atoms with Gasteiger partial charge in [-0.15, -0.1) is 0 Å². The average molecular weight is 252 g/mol. The zero-order valence-electron chi connectivity index (χ0n) is 10.7. The lowest BCUT2D eigenvalue weighted by Crippen LogP contribution is -2.44. The van der Waals surface area contributed by atoms with Gasteiger partial charge < -0.3 is 18.9 Å². The van der Waals surface area contributed by atoms with Crippen LogP contribution in [0.1, 0.15) is 13.3 Å². The van der Waals surface area contributed by atoms with E-state index in [9.17, 15) is 4.79 Å². The van der Waals surface area contributed by atoms with Crippen molar-refractivity contribution < 1.29 is 23.7 Å². The van der Waals surface area contributed by atoms with Crippen LogP contribution >= 0.6 is 0 Å². The lowest BCUT2D eigenvalue weighted by atomic mass is 10.0. The predicted octanol–water partition coefficient (Wildman–Crippen LogP) is 1.79. The topological polar surface area (TPSA) is 54.0 Å². The second kappa shape index (κ2) is 4.76. The third-order valence-electron chi connectivity index (χ3n) is 2.79. The molecular formula is C13H16O5. The van der Waals surface area contributed by atoms with E-state index >= 15 is 0 Å². The van der Waals surface area contributed by atoms with Crippen LogP contribution in [0.3, 0.4) is 0 Å². The van der Waals surface area contributed by atoms with E-state index in [0.29, 0.717) is 17.2 Å². The predicted molar refractivity (Wildman–Crippen MR) is 64.2 cm³/mol. The lowest BCUT2D eigenvalue weighted by Gasteiger charge is -2.35. The zero-order valence-corrected chi connectivity index (χ0v) is 10.7. The Balaban J connectivity index is 2.22. The van der Waals surface area contributed by atoms with Crippen molar-refractivity contribution in [1.82, 2.24) is 0 Å². The SMILES string of the molecule is COC(=O)C[C@]1(C)COc2c(OC)cccc2O1. The molecule has 0 aliphatic carbocycles. The third kappa shape index (κ3) is 2.34. The Hall–Kier alpha value is -1.91. The summed E-state index contributed by atoms with van der Waals surface area (Å²) in [5, 5.41) is 0. The van der Waals surface area contributed by atoms with Crippen molar-refractivity contribution in [3.8, 4) is 17.2 Å². The van der Waals surface area contributed by atoms with Crippen LogP contribution in [-0.4, -0.2) is 32.4 Å². The molecule has 1 heterocycles. The summed E-state index contributed by atoms with van der Waals surface area (Å²) in [6.07, 6.45) is 0.139. The highest BCUT2D eigenvalue weighted by Crippen LogP contribution is 2.42. The van der Waals surface area contributed by atoms with E-state index in [2.05, 4.69) is 4.74 Å². The van der Waals surface area contributed by atoms with Crippen LogP contribution in [0, 0.1) is 0 Å². The fourth-order valence-electron chi connectivity index (χ4n) is 1.86. The minimum absolute atomic E-state index is 0.139. The van der Waals surface area contributed by atoms with E-state index < -0.39 is 5.60 Å². The number of hydrogen-bond donors (Lipinski definition) is 0. The van der Waals surface area contributed by atoms with Gasteiger partial charge in [-0.1, -0.05) is 6.07 Å². The summed E-state index contributed by atoms with van der Waals surface area (Å²) in [7, 11) is 2.92. The number of carbonyl (C=O) groups is 1. The number of para-hydroxylation sites is 1. The summed E-state index contributed by atoms with van der Waals surface area (Å²) in [5.74, 6) is 1.44. The van der Waals surface area contributed by atoms with Crippen molar-refractivity contribution in [2.75, 3.05) is 20.8 Å². The van der Waals surface area contributed by atoms with Crippen molar-refractivity contribution in [2.24, 2.45) is 0 Å². The first-order valence-electron chi connectivity index (χ1n) is 5.63. The van der Waals surface area contributed by atoms with Gasteiger partial charge in [-0.2, -0.15) is 0 Å². The highest BCUT2D eigenvalue weighted by atomic mass is 16.6. The monoisotopic (exact) mass is 252 g/mol. The molecule has 98 valence electrons. The third-order valence-corrected chi connectivity index (χ3v) is 2.79. The summed E-state index contributed by atoms with van der Waals surface area (Å²) in [6, 6.07) is 5.39. The molecule has 0 fully saturated rings. The van der Waals surface area contributed by atoms with Crippen LogP contribution in [0.5, 0.6) is 17.2 Å². The van der Waals surface area contributed by atoms with Gasteiger partial charge in [-0.3, -0.25) is 4.79 Å². The van der Waals surface area contributed by atoms with Crippen molar-refractivity contribution in [1.29, 1.82) is 0 Å². The van der Waals surface area contributed by atoms with E-state index in [-0.39, 0.29) is 19.0 Å². The van der Waals surface area contributed by atoms with Crippen LogP contribution < -0.4 is 14.2 Å². The van der Waals surface area contributed by atoms with Crippen LogP contribution in [0.4, 0.5) is 0 Å². The molecule has 0 spiro atoms. The molecule has 1 aliphatic heterocycles. The molecule has 1 aliphatic rings. The number of carbonyl (C=O) groups excluding carboxylic acids is 1. The molecule has 1 aromatic carbocycles. The van der Waals surface area contributed by atoms with Gasteiger partial charge in [0.25, 0.3) is 0 Å². The maximum Gasteiger partial charge on any atom is 0.309 e. The first kappa shape index (κ1) is 12.5. The second-order valence-electron chi connectivity index (χ2n) is 4.38. The van der Waals surface area contributed by atoms with Gasteiger partial charge in [0.05, 0.1) is 20.6 Å². The van der Waals surface area contributed by atoms with Gasteiger partial charge in [-0.05, 0) is 19.1 Å². The van der Waals surface area contributed by atoms with Crippen LogP contribution in [-0.2, 0) is 9.53 Å². The molecule has 0 aromatic heterocycles. The molecule has 0 saturated heterocycles. The maximum absolute atomic E-state index is 11.3. The Morgan fingerprint density at radius 3 is 2.89 bits per heavy atom. The Morgan fingerprint density at radius 2 is 2.22 bits per heavy atom. The van der Waals surface area contributed by atoms with Crippen LogP contribution in [0.25, 0.3) is 0 Å². The molecule has 0 saturated carbocycles. The number of methoxy groups -OCH3 is 2. The normalized spacial score (nSPS) is 21.3. The van der Waals surface area contributed by atoms with E-state index in [4.69, 9.17) is 14.2 Å². The summed E-state index contributed by atoms with van der Waals surface area (Å²) in [4.78, 5) is 11.3. The first-order chi connectivity index (χ1) is 8.58. The van der Waals surface area contributed by atoms with Crippen LogP contribution in [0.2, 0.25) is 0 Å². The Morgan fingerprint density at radius 1 is 1.44 bits per heavy atom. The molecule has 5 nitrogen and oxygen atoms in total. The molecule has 1 aromatic rings. The molecule has 0 unspecified atom stereocenters. The van der Waals surface area contributed by atoms with E-state index in [1.165, 1.54) is 7.11 Å². The Labute approximate surface area is 106 Å². The molecule has 2 rings (SSSR count). The molecule has 0 bridgehead atoms. The quantitative estimate of drug-likeness (QED) is 0.768. The van der Waals surface area contributed by atoms with Crippen molar-refractivity contribution in [3.63, 3.8) is 0 Å². The molecule has 0 amide bonds. The van der Waals surface area contributed by atoms with Crippen molar-refractivity contribution in [2.45, 2.75) is 18.9 Å².